The molecule has 1 aromatic heterocycles. The van der Waals surface area contributed by atoms with Crippen LogP contribution in [0, 0.1) is 6.92 Å². The minimum Gasteiger partial charge on any atom is -0.497 e. The average Bonchev–Trinajstić information content (AvgIpc) is 3.13. The van der Waals surface area contributed by atoms with Crippen molar-refractivity contribution in [3.05, 3.63) is 54.1 Å². The third kappa shape index (κ3) is 7.17. The van der Waals surface area contributed by atoms with Crippen LogP contribution in [0.25, 0.3) is 0 Å². The van der Waals surface area contributed by atoms with Crippen molar-refractivity contribution in [2.45, 2.75) is 19.5 Å². The highest BCUT2D eigenvalue weighted by molar-refractivity contribution is 14.0. The van der Waals surface area contributed by atoms with Crippen molar-refractivity contribution >= 4 is 29.9 Å². The Labute approximate surface area is 207 Å². The lowest BCUT2D eigenvalue weighted by atomic mass is 10.0. The summed E-state index contributed by atoms with van der Waals surface area (Å²) in [6.45, 7) is 10.8. The molecule has 1 fully saturated rings. The van der Waals surface area contributed by atoms with Crippen molar-refractivity contribution in [2.24, 2.45) is 12.0 Å². The Hall–Kier alpha value is -2.18. The van der Waals surface area contributed by atoms with Crippen LogP contribution in [0.5, 0.6) is 5.75 Å². The lowest BCUT2D eigenvalue weighted by molar-refractivity contribution is 0.0170. The van der Waals surface area contributed by atoms with Crippen LogP contribution in [0.1, 0.15) is 23.3 Å². The van der Waals surface area contributed by atoms with Gasteiger partial charge >= 0.3 is 0 Å². The molecular formula is C22H34IN7O2. The summed E-state index contributed by atoms with van der Waals surface area (Å²) < 4.78 is 12.8. The number of hydrogen-bond donors (Lipinski definition) is 2. The van der Waals surface area contributed by atoms with Gasteiger partial charge in [0.1, 0.15) is 18.1 Å². The molecular weight excluding hydrogens is 521 g/mol. The number of ether oxygens (including phenoxy) is 2. The predicted molar refractivity (Wildman–Crippen MR) is 137 cm³/mol. The molecule has 3 rings (SSSR count). The summed E-state index contributed by atoms with van der Waals surface area (Å²) in [6, 6.07) is 8.44. The summed E-state index contributed by atoms with van der Waals surface area (Å²) >= 11 is 0. The van der Waals surface area contributed by atoms with Gasteiger partial charge in [0.05, 0.1) is 26.4 Å². The van der Waals surface area contributed by atoms with E-state index < -0.39 is 0 Å². The topological polar surface area (TPSA) is 88.8 Å². The zero-order valence-electron chi connectivity index (χ0n) is 19.1. The fraction of sp³-hybridized carbons (Fsp3) is 0.500. The largest absolute Gasteiger partial charge is 0.497 e. The smallest absolute Gasteiger partial charge is 0.192 e. The van der Waals surface area contributed by atoms with Crippen molar-refractivity contribution in [2.75, 3.05) is 46.5 Å². The number of rotatable bonds is 9. The molecule has 0 saturated carbocycles. The van der Waals surface area contributed by atoms with E-state index in [-0.39, 0.29) is 30.0 Å². The van der Waals surface area contributed by atoms with Gasteiger partial charge in [-0.3, -0.25) is 4.90 Å². The molecule has 0 bridgehead atoms. The van der Waals surface area contributed by atoms with Crippen LogP contribution in [0.4, 0.5) is 0 Å². The molecule has 2 heterocycles. The van der Waals surface area contributed by atoms with Gasteiger partial charge in [-0.25, -0.2) is 4.99 Å². The lowest BCUT2D eigenvalue weighted by Crippen LogP contribution is -2.46. The number of methoxy groups -OCH3 is 1. The number of hydrogen-bond acceptors (Lipinski definition) is 6. The minimum atomic E-state index is 0. The molecule has 1 atom stereocenters. The zero-order chi connectivity index (χ0) is 22.1. The Bertz CT molecular complexity index is 864. The molecule has 2 N–H and O–H groups in total. The van der Waals surface area contributed by atoms with Gasteiger partial charge in [0.2, 0.25) is 0 Å². The molecule has 1 saturated heterocycles. The molecule has 0 aliphatic carbocycles. The first kappa shape index (κ1) is 26.1. The summed E-state index contributed by atoms with van der Waals surface area (Å²) in [7, 11) is 3.63. The Kier molecular flexibility index (Phi) is 10.9. The molecule has 0 amide bonds. The molecule has 10 heteroatoms. The highest BCUT2D eigenvalue weighted by atomic mass is 127. The summed E-state index contributed by atoms with van der Waals surface area (Å²) in [5.74, 6) is 3.25. The van der Waals surface area contributed by atoms with Crippen molar-refractivity contribution in [1.82, 2.24) is 30.3 Å². The number of nitrogens with one attached hydrogen (secondary N) is 2. The number of aryl methyl sites for hydroxylation is 1. The first-order valence-electron chi connectivity index (χ1n) is 10.6. The first-order valence-corrected chi connectivity index (χ1v) is 10.6. The van der Waals surface area contributed by atoms with Crippen molar-refractivity contribution in [3.63, 3.8) is 0 Å². The second-order valence-corrected chi connectivity index (χ2v) is 7.38. The maximum atomic E-state index is 5.56. The summed E-state index contributed by atoms with van der Waals surface area (Å²) in [5, 5.41) is 15.1. The van der Waals surface area contributed by atoms with E-state index >= 15 is 0 Å². The fourth-order valence-electron chi connectivity index (χ4n) is 3.45. The molecule has 32 heavy (non-hydrogen) atoms. The molecule has 2 aromatic rings. The van der Waals surface area contributed by atoms with Crippen molar-refractivity contribution in [3.8, 4) is 5.75 Å². The standard InChI is InChI=1S/C22H33N7O2.HI/c1-5-10-23-22(25-16-21-27-26-17(2)28(21)3)24-15-20(29-11-13-31-14-12-29)18-6-8-19(30-4)9-7-18;/h5-9,20H,1,10-16H2,2-4H3,(H2,23,24,25);1H. The minimum absolute atomic E-state index is 0. The van der Waals surface area contributed by atoms with E-state index in [1.54, 1.807) is 7.11 Å². The van der Waals surface area contributed by atoms with Crippen molar-refractivity contribution < 1.29 is 9.47 Å². The van der Waals surface area contributed by atoms with Crippen LogP contribution >= 0.6 is 24.0 Å². The van der Waals surface area contributed by atoms with Gasteiger partial charge in [-0.1, -0.05) is 18.2 Å². The Morgan fingerprint density at radius 1 is 1.25 bits per heavy atom. The van der Waals surface area contributed by atoms with E-state index in [4.69, 9.17) is 14.5 Å². The number of benzene rings is 1. The number of aliphatic imine (C=N–C) groups is 1. The van der Waals surface area contributed by atoms with Gasteiger partial charge in [0, 0.05) is 33.2 Å². The number of morpholine rings is 1. The van der Waals surface area contributed by atoms with E-state index in [1.807, 2.05) is 36.7 Å². The number of nitrogens with zero attached hydrogens (tertiary/aromatic N) is 5. The molecule has 1 aromatic carbocycles. The fourth-order valence-corrected chi connectivity index (χ4v) is 3.45. The highest BCUT2D eigenvalue weighted by Gasteiger charge is 2.23. The second kappa shape index (κ2) is 13.4. The number of aromatic nitrogens is 3. The van der Waals surface area contributed by atoms with Gasteiger partial charge in [0.15, 0.2) is 11.8 Å². The van der Waals surface area contributed by atoms with Gasteiger partial charge in [-0.2, -0.15) is 0 Å². The Morgan fingerprint density at radius 3 is 2.56 bits per heavy atom. The van der Waals surface area contributed by atoms with Gasteiger partial charge in [-0.15, -0.1) is 40.8 Å². The summed E-state index contributed by atoms with van der Waals surface area (Å²) in [4.78, 5) is 7.14. The molecule has 0 radical (unpaired) electrons. The normalized spacial score (nSPS) is 15.5. The molecule has 1 aliphatic heterocycles. The van der Waals surface area contributed by atoms with Gasteiger partial charge in [0.25, 0.3) is 0 Å². The lowest BCUT2D eigenvalue weighted by Gasteiger charge is -2.35. The molecule has 9 nitrogen and oxygen atoms in total. The van der Waals surface area contributed by atoms with Crippen LogP contribution in [0.15, 0.2) is 41.9 Å². The maximum absolute atomic E-state index is 5.56. The molecule has 176 valence electrons. The van der Waals surface area contributed by atoms with Gasteiger partial charge < -0.3 is 24.7 Å². The van der Waals surface area contributed by atoms with E-state index in [0.717, 1.165) is 43.7 Å². The quantitative estimate of drug-likeness (QED) is 0.212. The van der Waals surface area contributed by atoms with Crippen LogP contribution < -0.4 is 15.4 Å². The second-order valence-electron chi connectivity index (χ2n) is 7.38. The van der Waals surface area contributed by atoms with E-state index in [9.17, 15) is 0 Å². The molecule has 0 spiro atoms. The first-order chi connectivity index (χ1) is 15.1. The van der Waals surface area contributed by atoms with Crippen LogP contribution in [-0.2, 0) is 18.3 Å². The number of halogens is 1. The molecule has 1 aliphatic rings. The van der Waals surface area contributed by atoms with Crippen LogP contribution in [0.3, 0.4) is 0 Å². The van der Waals surface area contributed by atoms with E-state index in [0.29, 0.717) is 25.6 Å². The average molecular weight is 555 g/mol. The third-order valence-corrected chi connectivity index (χ3v) is 5.43. The van der Waals surface area contributed by atoms with E-state index in [2.05, 4.69) is 44.4 Å². The van der Waals surface area contributed by atoms with Crippen molar-refractivity contribution in [1.29, 1.82) is 0 Å². The monoisotopic (exact) mass is 555 g/mol. The Morgan fingerprint density at radius 2 is 1.97 bits per heavy atom. The van der Waals surface area contributed by atoms with E-state index in [1.165, 1.54) is 5.56 Å². The maximum Gasteiger partial charge on any atom is 0.192 e. The summed E-state index contributed by atoms with van der Waals surface area (Å²) in [5.41, 5.74) is 1.22. The number of guanidine groups is 1. The van der Waals surface area contributed by atoms with Gasteiger partial charge in [-0.05, 0) is 24.6 Å². The summed E-state index contributed by atoms with van der Waals surface area (Å²) in [6.07, 6.45) is 1.81. The van der Waals surface area contributed by atoms with Crippen LogP contribution in [-0.4, -0.2) is 72.1 Å². The SMILES string of the molecule is C=CCNC(=NCc1nnc(C)n1C)NCC(c1ccc(OC)cc1)N1CCOCC1.I. The Balaban J connectivity index is 0.00000363. The van der Waals surface area contributed by atoms with Crippen LogP contribution in [0.2, 0.25) is 0 Å². The third-order valence-electron chi connectivity index (χ3n) is 5.43. The highest BCUT2D eigenvalue weighted by Crippen LogP contribution is 2.23. The predicted octanol–water partition coefficient (Wildman–Crippen LogP) is 2.04. The zero-order valence-corrected chi connectivity index (χ0v) is 21.4. The molecule has 1 unspecified atom stereocenters.